The van der Waals surface area contributed by atoms with Crippen LogP contribution in [0.5, 0.6) is 0 Å². The highest BCUT2D eigenvalue weighted by molar-refractivity contribution is 5.62. The monoisotopic (exact) mass is 265 g/mol. The number of rotatable bonds is 4. The number of likely N-dealkylation sites (N-methyl/N-ethyl adjacent to an activating group) is 1. The van der Waals surface area contributed by atoms with E-state index >= 15 is 0 Å². The van der Waals surface area contributed by atoms with Crippen LogP contribution < -0.4 is 4.90 Å². The largest absolute Gasteiger partial charge is 0.395 e. The normalized spacial score (nSPS) is 10.5. The smallest absolute Gasteiger partial charge is 0.225 e. The molecule has 0 atom stereocenters. The minimum Gasteiger partial charge on any atom is -0.395 e. The molecule has 1 aromatic carbocycles. The highest BCUT2D eigenvalue weighted by Gasteiger charge is 2.09. The molecule has 1 aromatic heterocycles. The molecule has 0 aliphatic carbocycles. The Morgan fingerprint density at radius 2 is 1.89 bits per heavy atom. The molecule has 0 saturated heterocycles. The fraction of sp³-hybridized carbons (Fsp3) is 0.231. The summed E-state index contributed by atoms with van der Waals surface area (Å²) < 4.78 is 26.4. The molecule has 100 valence electrons. The zero-order valence-corrected chi connectivity index (χ0v) is 10.3. The third kappa shape index (κ3) is 3.03. The highest BCUT2D eigenvalue weighted by atomic mass is 19.1. The van der Waals surface area contributed by atoms with Crippen LogP contribution >= 0.6 is 0 Å². The summed E-state index contributed by atoms with van der Waals surface area (Å²) in [5, 5.41) is 8.81. The van der Waals surface area contributed by atoms with Gasteiger partial charge in [-0.25, -0.2) is 18.7 Å². The summed E-state index contributed by atoms with van der Waals surface area (Å²) in [6, 6.07) is 3.35. The number of aromatic nitrogens is 2. The van der Waals surface area contributed by atoms with Crippen LogP contribution in [-0.2, 0) is 0 Å². The number of anilines is 1. The third-order valence-electron chi connectivity index (χ3n) is 2.66. The van der Waals surface area contributed by atoms with E-state index in [9.17, 15) is 8.78 Å². The van der Waals surface area contributed by atoms with Crippen molar-refractivity contribution >= 4 is 5.95 Å². The van der Waals surface area contributed by atoms with Crippen LogP contribution in [0.2, 0.25) is 0 Å². The van der Waals surface area contributed by atoms with Crippen molar-refractivity contribution in [2.24, 2.45) is 0 Å². The van der Waals surface area contributed by atoms with E-state index in [0.29, 0.717) is 18.1 Å². The molecule has 0 spiro atoms. The molecule has 1 N–H and O–H groups in total. The molecule has 0 fully saturated rings. The molecule has 0 radical (unpaired) electrons. The van der Waals surface area contributed by atoms with Gasteiger partial charge in [0.2, 0.25) is 5.95 Å². The Labute approximate surface area is 109 Å². The van der Waals surface area contributed by atoms with Gasteiger partial charge in [0.1, 0.15) is 11.6 Å². The zero-order valence-electron chi connectivity index (χ0n) is 10.3. The van der Waals surface area contributed by atoms with Gasteiger partial charge in [0.05, 0.1) is 6.61 Å². The van der Waals surface area contributed by atoms with E-state index in [2.05, 4.69) is 9.97 Å². The second-order valence-electron chi connectivity index (χ2n) is 4.04. The van der Waals surface area contributed by atoms with E-state index in [0.717, 1.165) is 6.07 Å². The van der Waals surface area contributed by atoms with E-state index in [-0.39, 0.29) is 12.2 Å². The Morgan fingerprint density at radius 1 is 1.21 bits per heavy atom. The van der Waals surface area contributed by atoms with Crippen molar-refractivity contribution in [3.63, 3.8) is 0 Å². The number of halogens is 2. The van der Waals surface area contributed by atoms with Crippen LogP contribution in [0.15, 0.2) is 30.6 Å². The maximum Gasteiger partial charge on any atom is 0.225 e. The molecule has 0 unspecified atom stereocenters. The van der Waals surface area contributed by atoms with Crippen LogP contribution in [0.1, 0.15) is 0 Å². The van der Waals surface area contributed by atoms with Crippen molar-refractivity contribution in [3.05, 3.63) is 42.2 Å². The lowest BCUT2D eigenvalue weighted by Crippen LogP contribution is -2.23. The van der Waals surface area contributed by atoms with Gasteiger partial charge >= 0.3 is 0 Å². The van der Waals surface area contributed by atoms with Crippen molar-refractivity contribution < 1.29 is 13.9 Å². The number of hydrogen-bond acceptors (Lipinski definition) is 4. The molecule has 0 bridgehead atoms. The minimum absolute atomic E-state index is 0.00575. The van der Waals surface area contributed by atoms with E-state index in [1.807, 2.05) is 0 Å². The van der Waals surface area contributed by atoms with Crippen LogP contribution in [-0.4, -0.2) is 35.3 Å². The molecule has 0 aliphatic rings. The van der Waals surface area contributed by atoms with Gasteiger partial charge in [-0.3, -0.25) is 0 Å². The number of nitrogens with zero attached hydrogens (tertiary/aromatic N) is 3. The van der Waals surface area contributed by atoms with Gasteiger partial charge in [-0.2, -0.15) is 0 Å². The first-order chi connectivity index (χ1) is 9.11. The van der Waals surface area contributed by atoms with Crippen LogP contribution in [0.3, 0.4) is 0 Å². The molecule has 0 aliphatic heterocycles. The Morgan fingerprint density at radius 3 is 2.47 bits per heavy atom. The summed E-state index contributed by atoms with van der Waals surface area (Å²) >= 11 is 0. The number of aliphatic hydroxyl groups excluding tert-OH is 1. The summed E-state index contributed by atoms with van der Waals surface area (Å²) in [6.45, 7) is 0.401. The average Bonchev–Trinajstić information content (AvgIpc) is 2.39. The predicted molar refractivity (Wildman–Crippen MR) is 67.7 cm³/mol. The number of aliphatic hydroxyl groups is 1. The van der Waals surface area contributed by atoms with Crippen LogP contribution in [0.25, 0.3) is 11.1 Å². The number of hydrogen-bond donors (Lipinski definition) is 1. The second-order valence-corrected chi connectivity index (χ2v) is 4.04. The van der Waals surface area contributed by atoms with E-state index in [4.69, 9.17) is 5.11 Å². The molecule has 6 heteroatoms. The Bertz CT molecular complexity index is 560. The minimum atomic E-state index is -0.653. The molecular formula is C13H13F2N3O. The first-order valence-electron chi connectivity index (χ1n) is 5.71. The SMILES string of the molecule is CN(CCO)c1ncc(-c2ccc(F)cc2F)cn1. The summed E-state index contributed by atoms with van der Waals surface area (Å²) in [4.78, 5) is 9.83. The molecular weight excluding hydrogens is 252 g/mol. The van der Waals surface area contributed by atoms with E-state index < -0.39 is 11.6 Å². The van der Waals surface area contributed by atoms with Gasteiger partial charge in [0, 0.05) is 43.2 Å². The van der Waals surface area contributed by atoms with Crippen molar-refractivity contribution in [1.29, 1.82) is 0 Å². The third-order valence-corrected chi connectivity index (χ3v) is 2.66. The first kappa shape index (κ1) is 13.4. The highest BCUT2D eigenvalue weighted by Crippen LogP contribution is 2.22. The Balaban J connectivity index is 2.27. The van der Waals surface area contributed by atoms with Crippen molar-refractivity contribution in [2.75, 3.05) is 25.1 Å². The van der Waals surface area contributed by atoms with Crippen molar-refractivity contribution in [3.8, 4) is 11.1 Å². The maximum atomic E-state index is 13.6. The fourth-order valence-corrected chi connectivity index (χ4v) is 1.63. The predicted octanol–water partition coefficient (Wildman–Crippen LogP) is 1.85. The summed E-state index contributed by atoms with van der Waals surface area (Å²) in [5.74, 6) is -0.846. The van der Waals surface area contributed by atoms with Crippen LogP contribution in [0.4, 0.5) is 14.7 Å². The van der Waals surface area contributed by atoms with E-state index in [1.165, 1.54) is 24.5 Å². The first-order valence-corrected chi connectivity index (χ1v) is 5.71. The zero-order chi connectivity index (χ0) is 13.8. The summed E-state index contributed by atoms with van der Waals surface area (Å²) in [7, 11) is 1.74. The lowest BCUT2D eigenvalue weighted by Gasteiger charge is -2.15. The van der Waals surface area contributed by atoms with Crippen molar-refractivity contribution in [1.82, 2.24) is 9.97 Å². The quantitative estimate of drug-likeness (QED) is 0.916. The molecule has 4 nitrogen and oxygen atoms in total. The molecule has 0 saturated carbocycles. The summed E-state index contributed by atoms with van der Waals surface area (Å²) in [6.07, 6.45) is 2.93. The summed E-state index contributed by atoms with van der Waals surface area (Å²) in [5.41, 5.74) is 0.719. The molecule has 0 amide bonds. The Kier molecular flexibility index (Phi) is 4.01. The van der Waals surface area contributed by atoms with Gasteiger partial charge in [-0.05, 0) is 12.1 Å². The van der Waals surface area contributed by atoms with Crippen LogP contribution in [0, 0.1) is 11.6 Å². The van der Waals surface area contributed by atoms with E-state index in [1.54, 1.807) is 11.9 Å². The Hall–Kier alpha value is -2.08. The standard InChI is InChI=1S/C13H13F2N3O/c1-18(4-5-19)13-16-7-9(8-17-13)11-3-2-10(14)6-12(11)15/h2-3,6-8,19H,4-5H2,1H3. The van der Waals surface area contributed by atoms with Gasteiger partial charge in [-0.15, -0.1) is 0 Å². The average molecular weight is 265 g/mol. The molecule has 19 heavy (non-hydrogen) atoms. The maximum absolute atomic E-state index is 13.6. The lowest BCUT2D eigenvalue weighted by molar-refractivity contribution is 0.303. The van der Waals surface area contributed by atoms with Gasteiger partial charge in [-0.1, -0.05) is 0 Å². The fourth-order valence-electron chi connectivity index (χ4n) is 1.63. The second kappa shape index (κ2) is 5.71. The molecule has 2 rings (SSSR count). The van der Waals surface area contributed by atoms with Gasteiger partial charge in [0.25, 0.3) is 0 Å². The topological polar surface area (TPSA) is 49.2 Å². The van der Waals surface area contributed by atoms with Gasteiger partial charge in [0.15, 0.2) is 0 Å². The lowest BCUT2D eigenvalue weighted by atomic mass is 10.1. The number of benzene rings is 1. The molecule has 1 heterocycles. The van der Waals surface area contributed by atoms with Crippen molar-refractivity contribution in [2.45, 2.75) is 0 Å². The molecule has 2 aromatic rings. The van der Waals surface area contributed by atoms with Gasteiger partial charge < -0.3 is 10.0 Å².